The molecular weight excluding hydrogens is 331 g/mol. The van der Waals surface area contributed by atoms with Gasteiger partial charge >= 0.3 is 0 Å². The molecule has 1 aromatic carbocycles. The number of aromatic nitrogens is 2. The second kappa shape index (κ2) is 8.29. The van der Waals surface area contributed by atoms with Gasteiger partial charge in [0.05, 0.1) is 18.5 Å². The fourth-order valence-corrected chi connectivity index (χ4v) is 4.19. The van der Waals surface area contributed by atoms with E-state index in [1.165, 1.54) is 38.1 Å². The quantitative estimate of drug-likeness (QED) is 0.799. The molecule has 2 saturated heterocycles. The first-order chi connectivity index (χ1) is 12.8. The molecule has 2 aromatic rings. The van der Waals surface area contributed by atoms with E-state index in [0.29, 0.717) is 12.0 Å². The van der Waals surface area contributed by atoms with Crippen molar-refractivity contribution >= 4 is 0 Å². The Morgan fingerprint density at radius 1 is 1.27 bits per heavy atom. The van der Waals surface area contributed by atoms with Gasteiger partial charge in [-0.15, -0.1) is 0 Å². The van der Waals surface area contributed by atoms with Crippen molar-refractivity contribution in [2.75, 3.05) is 32.8 Å². The van der Waals surface area contributed by atoms with Crippen LogP contribution in [-0.2, 0) is 11.3 Å². The first kappa shape index (κ1) is 17.6. The topological polar surface area (TPSA) is 53.2 Å². The summed E-state index contributed by atoms with van der Waals surface area (Å²) in [6.07, 6.45) is 5.63. The number of likely N-dealkylation sites (tertiary alicyclic amines) is 1. The van der Waals surface area contributed by atoms with Crippen LogP contribution in [0.3, 0.4) is 0 Å². The van der Waals surface area contributed by atoms with Crippen molar-refractivity contribution < 1.29 is 9.13 Å². The fourth-order valence-electron chi connectivity index (χ4n) is 4.19. The highest BCUT2D eigenvalue weighted by atomic mass is 19.1. The molecule has 2 atom stereocenters. The lowest BCUT2D eigenvalue weighted by molar-refractivity contribution is 0.134. The molecule has 0 saturated carbocycles. The number of rotatable bonds is 7. The summed E-state index contributed by atoms with van der Waals surface area (Å²) in [5.74, 6) is 0.404. The van der Waals surface area contributed by atoms with E-state index < -0.39 is 0 Å². The molecule has 0 spiro atoms. The number of H-pyrrole nitrogens is 1. The predicted octanol–water partition coefficient (Wildman–Crippen LogP) is 2.81. The second-order valence-corrected chi connectivity index (χ2v) is 7.34. The Balaban J connectivity index is 1.39. The van der Waals surface area contributed by atoms with Gasteiger partial charge in [-0.05, 0) is 56.6 Å². The minimum absolute atomic E-state index is 0.222. The molecule has 4 rings (SSSR count). The Hall–Kier alpha value is -1.76. The third-order valence-electron chi connectivity index (χ3n) is 5.64. The standard InChI is InChI=1S/C20H27FN4O/c21-18-5-3-15(4-6-18)20-17(12-23-24-20)11-22-13-19(16-7-10-26-14-16)25-8-1-2-9-25/h3-6,12,16,19,22H,1-2,7-11,13-14H2,(H,23,24)/t16-,19-/m0/s1. The summed E-state index contributed by atoms with van der Waals surface area (Å²) >= 11 is 0. The van der Waals surface area contributed by atoms with Gasteiger partial charge in [-0.25, -0.2) is 4.39 Å². The van der Waals surface area contributed by atoms with Gasteiger partial charge in [0.2, 0.25) is 0 Å². The van der Waals surface area contributed by atoms with Crippen LogP contribution in [0.25, 0.3) is 11.3 Å². The van der Waals surface area contributed by atoms with E-state index in [2.05, 4.69) is 20.4 Å². The molecule has 26 heavy (non-hydrogen) atoms. The van der Waals surface area contributed by atoms with E-state index >= 15 is 0 Å². The second-order valence-electron chi connectivity index (χ2n) is 7.34. The molecule has 2 fully saturated rings. The van der Waals surface area contributed by atoms with Crippen LogP contribution in [0.2, 0.25) is 0 Å². The Morgan fingerprint density at radius 3 is 2.81 bits per heavy atom. The number of nitrogens with zero attached hydrogens (tertiary/aromatic N) is 2. The Morgan fingerprint density at radius 2 is 2.08 bits per heavy atom. The summed E-state index contributed by atoms with van der Waals surface area (Å²) < 4.78 is 18.8. The van der Waals surface area contributed by atoms with Gasteiger partial charge in [0.15, 0.2) is 0 Å². The number of halogens is 1. The molecule has 0 amide bonds. The summed E-state index contributed by atoms with van der Waals surface area (Å²) in [4.78, 5) is 2.63. The smallest absolute Gasteiger partial charge is 0.123 e. The SMILES string of the molecule is Fc1ccc(-c2[nH]ncc2CNC[C@@H]([C@H]2CCOC2)N2CCCC2)cc1. The van der Waals surface area contributed by atoms with E-state index in [9.17, 15) is 4.39 Å². The lowest BCUT2D eigenvalue weighted by atomic mass is 9.97. The Kier molecular flexibility index (Phi) is 5.62. The molecule has 0 radical (unpaired) electrons. The number of hydrogen-bond acceptors (Lipinski definition) is 4. The fraction of sp³-hybridized carbons (Fsp3) is 0.550. The number of hydrogen-bond donors (Lipinski definition) is 2. The molecular formula is C20H27FN4O. The number of aromatic amines is 1. The van der Waals surface area contributed by atoms with Crippen molar-refractivity contribution in [1.82, 2.24) is 20.4 Å². The summed E-state index contributed by atoms with van der Waals surface area (Å²) in [6.45, 7) is 5.90. The van der Waals surface area contributed by atoms with Crippen molar-refractivity contribution in [3.8, 4) is 11.3 Å². The van der Waals surface area contributed by atoms with Crippen LogP contribution in [0, 0.1) is 11.7 Å². The molecule has 1 aromatic heterocycles. The molecule has 6 heteroatoms. The van der Waals surface area contributed by atoms with Crippen LogP contribution in [0.5, 0.6) is 0 Å². The van der Waals surface area contributed by atoms with E-state index in [1.807, 2.05) is 6.20 Å². The number of benzene rings is 1. The summed E-state index contributed by atoms with van der Waals surface area (Å²) in [5, 5.41) is 10.9. The molecule has 2 N–H and O–H groups in total. The van der Waals surface area contributed by atoms with E-state index in [-0.39, 0.29) is 5.82 Å². The van der Waals surface area contributed by atoms with Crippen molar-refractivity contribution in [3.63, 3.8) is 0 Å². The highest BCUT2D eigenvalue weighted by Gasteiger charge is 2.31. The monoisotopic (exact) mass is 358 g/mol. The third kappa shape index (κ3) is 3.98. The molecule has 140 valence electrons. The van der Waals surface area contributed by atoms with E-state index in [1.54, 1.807) is 12.1 Å². The zero-order valence-electron chi connectivity index (χ0n) is 15.1. The van der Waals surface area contributed by atoms with Crippen molar-refractivity contribution in [3.05, 3.63) is 41.8 Å². The van der Waals surface area contributed by atoms with Gasteiger partial charge in [-0.2, -0.15) is 5.10 Å². The maximum atomic E-state index is 13.2. The maximum absolute atomic E-state index is 13.2. The zero-order valence-corrected chi connectivity index (χ0v) is 15.1. The maximum Gasteiger partial charge on any atom is 0.123 e. The van der Waals surface area contributed by atoms with Gasteiger partial charge < -0.3 is 10.1 Å². The minimum Gasteiger partial charge on any atom is -0.381 e. The minimum atomic E-state index is -0.222. The van der Waals surface area contributed by atoms with Gasteiger partial charge in [-0.3, -0.25) is 10.00 Å². The molecule has 0 bridgehead atoms. The van der Waals surface area contributed by atoms with Gasteiger partial charge in [0.25, 0.3) is 0 Å². The predicted molar refractivity (Wildman–Crippen MR) is 99.2 cm³/mol. The van der Waals surface area contributed by atoms with Crippen LogP contribution in [0.1, 0.15) is 24.8 Å². The van der Waals surface area contributed by atoms with Crippen LogP contribution >= 0.6 is 0 Å². The van der Waals surface area contributed by atoms with Gasteiger partial charge in [0.1, 0.15) is 5.82 Å². The molecule has 2 aliphatic heterocycles. The van der Waals surface area contributed by atoms with Crippen molar-refractivity contribution in [1.29, 1.82) is 0 Å². The summed E-state index contributed by atoms with van der Waals surface area (Å²) in [6, 6.07) is 7.08. The zero-order chi connectivity index (χ0) is 17.8. The highest BCUT2D eigenvalue weighted by Crippen LogP contribution is 2.25. The lowest BCUT2D eigenvalue weighted by Gasteiger charge is -2.32. The van der Waals surface area contributed by atoms with E-state index in [4.69, 9.17) is 4.74 Å². The van der Waals surface area contributed by atoms with Crippen LogP contribution in [0.15, 0.2) is 30.5 Å². The van der Waals surface area contributed by atoms with Crippen molar-refractivity contribution in [2.45, 2.75) is 31.8 Å². The highest BCUT2D eigenvalue weighted by molar-refractivity contribution is 5.62. The molecule has 2 aliphatic rings. The van der Waals surface area contributed by atoms with Crippen LogP contribution in [0.4, 0.5) is 4.39 Å². The number of ether oxygens (including phenoxy) is 1. The Bertz CT molecular complexity index is 674. The first-order valence-electron chi connectivity index (χ1n) is 9.62. The summed E-state index contributed by atoms with van der Waals surface area (Å²) in [5.41, 5.74) is 3.03. The number of nitrogens with one attached hydrogen (secondary N) is 2. The summed E-state index contributed by atoms with van der Waals surface area (Å²) in [7, 11) is 0. The van der Waals surface area contributed by atoms with Crippen LogP contribution < -0.4 is 5.32 Å². The average Bonchev–Trinajstić information content (AvgIpc) is 3.41. The molecule has 0 aliphatic carbocycles. The first-order valence-corrected chi connectivity index (χ1v) is 9.62. The van der Waals surface area contributed by atoms with Crippen molar-refractivity contribution in [2.24, 2.45) is 5.92 Å². The molecule has 3 heterocycles. The van der Waals surface area contributed by atoms with Gasteiger partial charge in [-0.1, -0.05) is 0 Å². The van der Waals surface area contributed by atoms with Gasteiger partial charge in [0, 0.05) is 42.8 Å². The van der Waals surface area contributed by atoms with Crippen LogP contribution in [-0.4, -0.2) is 54.0 Å². The largest absolute Gasteiger partial charge is 0.381 e. The average molecular weight is 358 g/mol. The van der Waals surface area contributed by atoms with E-state index in [0.717, 1.165) is 49.5 Å². The molecule has 0 unspecified atom stereocenters. The molecule has 5 nitrogen and oxygen atoms in total. The lowest BCUT2D eigenvalue weighted by Crippen LogP contribution is -2.45. The third-order valence-corrected chi connectivity index (χ3v) is 5.64. The Labute approximate surface area is 153 Å². The normalized spacial score (nSPS) is 22.1.